The summed E-state index contributed by atoms with van der Waals surface area (Å²) in [6.45, 7) is 2.75. The van der Waals surface area contributed by atoms with E-state index in [1.807, 2.05) is 0 Å². The maximum Gasteiger partial charge on any atom is 0.332 e. The minimum absolute atomic E-state index is 0.0287. The molecule has 1 heterocycles. The summed E-state index contributed by atoms with van der Waals surface area (Å²) in [5.41, 5.74) is 5.91. The van der Waals surface area contributed by atoms with E-state index in [1.54, 1.807) is 0 Å². The van der Waals surface area contributed by atoms with Gasteiger partial charge in [0.1, 0.15) is 0 Å². The number of amides is 2. The molecule has 2 amide bonds. The first-order chi connectivity index (χ1) is 14.8. The van der Waals surface area contributed by atoms with E-state index < -0.39 is 16.1 Å². The van der Waals surface area contributed by atoms with Gasteiger partial charge >= 0.3 is 6.03 Å². The third kappa shape index (κ3) is 5.41. The summed E-state index contributed by atoms with van der Waals surface area (Å²) in [6.07, 6.45) is 8.96. The summed E-state index contributed by atoms with van der Waals surface area (Å²) < 4.78 is 27.2. The van der Waals surface area contributed by atoms with E-state index in [2.05, 4.69) is 40.0 Å². The van der Waals surface area contributed by atoms with Gasteiger partial charge in [0.15, 0.2) is 0 Å². The van der Waals surface area contributed by atoms with Gasteiger partial charge in [0.25, 0.3) is 0 Å². The standard InChI is InChI=1S/C23H36N4O3S/c1-26(2)19-10-13-27(14-11-19)12-5-15-31(29,30)25-23(28)24-22-20-8-3-6-17(20)16-18-7-4-9-21(18)22/h16,19H,3-15H2,1-2H3,(H2,24,25,28). The number of fused-ring (bicyclic) bond motifs is 2. The molecule has 31 heavy (non-hydrogen) atoms. The van der Waals surface area contributed by atoms with Crippen LogP contribution in [0.25, 0.3) is 0 Å². The summed E-state index contributed by atoms with van der Waals surface area (Å²) in [5.74, 6) is -0.0287. The first-order valence-electron chi connectivity index (χ1n) is 11.7. The van der Waals surface area contributed by atoms with Crippen molar-refractivity contribution in [3.8, 4) is 0 Å². The van der Waals surface area contributed by atoms with Crippen LogP contribution < -0.4 is 10.0 Å². The summed E-state index contributed by atoms with van der Waals surface area (Å²) in [4.78, 5) is 17.2. The first kappa shape index (κ1) is 22.6. The highest BCUT2D eigenvalue weighted by atomic mass is 32.2. The monoisotopic (exact) mass is 448 g/mol. The average molecular weight is 449 g/mol. The molecule has 1 aliphatic heterocycles. The van der Waals surface area contributed by atoms with Crippen LogP contribution in [0.3, 0.4) is 0 Å². The predicted octanol–water partition coefficient (Wildman–Crippen LogP) is 2.53. The second-order valence-corrected chi connectivity index (χ2v) is 11.3. The Morgan fingerprint density at radius 1 is 1.06 bits per heavy atom. The van der Waals surface area contributed by atoms with Crippen LogP contribution in [0.2, 0.25) is 0 Å². The molecule has 0 spiro atoms. The Kier molecular flexibility index (Phi) is 6.89. The van der Waals surface area contributed by atoms with Gasteiger partial charge in [-0.25, -0.2) is 17.9 Å². The van der Waals surface area contributed by atoms with Gasteiger partial charge in [0.05, 0.1) is 5.75 Å². The van der Waals surface area contributed by atoms with Gasteiger partial charge in [-0.05, 0) is 114 Å². The second kappa shape index (κ2) is 9.46. The molecule has 0 unspecified atom stereocenters. The lowest BCUT2D eigenvalue weighted by atomic mass is 9.99. The van der Waals surface area contributed by atoms with Gasteiger partial charge in [-0.2, -0.15) is 0 Å². The van der Waals surface area contributed by atoms with Crippen molar-refractivity contribution in [1.29, 1.82) is 0 Å². The number of nitrogens with zero attached hydrogens (tertiary/aromatic N) is 2. The molecule has 2 N–H and O–H groups in total. The molecule has 8 heteroatoms. The molecule has 4 rings (SSSR count). The van der Waals surface area contributed by atoms with Crippen molar-refractivity contribution in [1.82, 2.24) is 14.5 Å². The van der Waals surface area contributed by atoms with Crippen molar-refractivity contribution >= 4 is 21.7 Å². The van der Waals surface area contributed by atoms with Crippen LogP contribution in [0.4, 0.5) is 10.5 Å². The normalized spacial score (nSPS) is 19.5. The molecule has 0 atom stereocenters. The van der Waals surface area contributed by atoms with Crippen molar-refractivity contribution < 1.29 is 13.2 Å². The maximum absolute atomic E-state index is 12.6. The summed E-state index contributed by atoms with van der Waals surface area (Å²) in [6, 6.07) is 2.29. The summed E-state index contributed by atoms with van der Waals surface area (Å²) >= 11 is 0. The number of likely N-dealkylation sites (tertiary alicyclic amines) is 1. The molecule has 0 aromatic heterocycles. The highest BCUT2D eigenvalue weighted by molar-refractivity contribution is 7.90. The highest BCUT2D eigenvalue weighted by Gasteiger charge is 2.26. The lowest BCUT2D eigenvalue weighted by molar-refractivity contribution is 0.145. The van der Waals surface area contributed by atoms with E-state index >= 15 is 0 Å². The van der Waals surface area contributed by atoms with Crippen molar-refractivity contribution in [2.24, 2.45) is 0 Å². The van der Waals surface area contributed by atoms with E-state index in [4.69, 9.17) is 0 Å². The molecular formula is C23H36N4O3S. The number of sulfonamides is 1. The highest BCUT2D eigenvalue weighted by Crippen LogP contribution is 2.38. The number of anilines is 1. The number of hydrogen-bond donors (Lipinski definition) is 2. The van der Waals surface area contributed by atoms with Gasteiger partial charge in [-0.1, -0.05) is 6.07 Å². The fraction of sp³-hybridized carbons (Fsp3) is 0.696. The van der Waals surface area contributed by atoms with E-state index in [9.17, 15) is 13.2 Å². The van der Waals surface area contributed by atoms with Crippen LogP contribution in [0.5, 0.6) is 0 Å². The molecule has 3 aliphatic rings. The lowest BCUT2D eigenvalue weighted by Gasteiger charge is -2.35. The molecule has 0 saturated carbocycles. The zero-order valence-electron chi connectivity index (χ0n) is 18.9. The first-order valence-corrected chi connectivity index (χ1v) is 13.3. The zero-order chi connectivity index (χ0) is 22.0. The maximum atomic E-state index is 12.6. The van der Waals surface area contributed by atoms with Crippen LogP contribution in [0.1, 0.15) is 54.4 Å². The van der Waals surface area contributed by atoms with Gasteiger partial charge in [0.2, 0.25) is 10.0 Å². The predicted molar refractivity (Wildman–Crippen MR) is 124 cm³/mol. The van der Waals surface area contributed by atoms with Crippen LogP contribution >= 0.6 is 0 Å². The van der Waals surface area contributed by atoms with E-state index in [0.717, 1.165) is 76.7 Å². The number of urea groups is 1. The molecule has 172 valence electrons. The number of hydrogen-bond acceptors (Lipinski definition) is 5. The molecular weight excluding hydrogens is 412 g/mol. The fourth-order valence-corrected chi connectivity index (χ4v) is 6.38. The topological polar surface area (TPSA) is 81.8 Å². The SMILES string of the molecule is CN(C)C1CCN(CCCS(=O)(=O)NC(=O)Nc2c3c(cc4c2CCC4)CCC3)CC1. The van der Waals surface area contributed by atoms with E-state index in [0.29, 0.717) is 12.5 Å². The molecule has 1 aromatic rings. The number of rotatable bonds is 7. The van der Waals surface area contributed by atoms with E-state index in [1.165, 1.54) is 22.3 Å². The second-order valence-electron chi connectivity index (χ2n) is 9.50. The Bertz CT molecular complexity index is 889. The molecule has 1 aromatic carbocycles. The zero-order valence-corrected chi connectivity index (χ0v) is 19.7. The minimum atomic E-state index is -3.65. The molecule has 0 bridgehead atoms. The Balaban J connectivity index is 1.28. The number of carbonyl (C=O) groups is 1. The van der Waals surface area contributed by atoms with Crippen molar-refractivity contribution in [3.63, 3.8) is 0 Å². The largest absolute Gasteiger partial charge is 0.332 e. The Hall–Kier alpha value is -1.64. The van der Waals surface area contributed by atoms with Crippen LogP contribution in [-0.4, -0.2) is 69.8 Å². The van der Waals surface area contributed by atoms with Crippen LogP contribution in [0, 0.1) is 0 Å². The molecule has 1 fully saturated rings. The van der Waals surface area contributed by atoms with Crippen molar-refractivity contribution in [2.75, 3.05) is 44.8 Å². The minimum Gasteiger partial charge on any atom is -0.307 e. The lowest BCUT2D eigenvalue weighted by Crippen LogP contribution is -2.43. The van der Waals surface area contributed by atoms with Gasteiger partial charge < -0.3 is 15.1 Å². The summed E-state index contributed by atoms with van der Waals surface area (Å²) in [5, 5.41) is 2.91. The van der Waals surface area contributed by atoms with Gasteiger partial charge in [-0.15, -0.1) is 0 Å². The van der Waals surface area contributed by atoms with Gasteiger partial charge in [-0.3, -0.25) is 0 Å². The third-order valence-corrected chi connectivity index (χ3v) is 8.46. The third-order valence-electron chi connectivity index (χ3n) is 7.13. The molecule has 0 radical (unpaired) electrons. The van der Waals surface area contributed by atoms with Crippen LogP contribution in [-0.2, 0) is 35.7 Å². The number of nitrogens with one attached hydrogen (secondary N) is 2. The Morgan fingerprint density at radius 2 is 1.68 bits per heavy atom. The average Bonchev–Trinajstić information content (AvgIpc) is 3.37. The van der Waals surface area contributed by atoms with Gasteiger partial charge in [0, 0.05) is 11.7 Å². The Labute approximate surface area is 186 Å². The van der Waals surface area contributed by atoms with Crippen molar-refractivity contribution in [2.45, 2.75) is 63.8 Å². The molecule has 1 saturated heterocycles. The number of piperidine rings is 1. The number of carbonyl (C=O) groups excluding carboxylic acids is 1. The number of benzene rings is 1. The van der Waals surface area contributed by atoms with Crippen LogP contribution in [0.15, 0.2) is 6.07 Å². The summed E-state index contributed by atoms with van der Waals surface area (Å²) in [7, 11) is 0.574. The van der Waals surface area contributed by atoms with E-state index in [-0.39, 0.29) is 5.75 Å². The smallest absolute Gasteiger partial charge is 0.307 e. The molecule has 2 aliphatic carbocycles. The molecule has 7 nitrogen and oxygen atoms in total. The number of aryl methyl sites for hydroxylation is 2. The quantitative estimate of drug-likeness (QED) is 0.670. The Morgan fingerprint density at radius 3 is 2.26 bits per heavy atom. The van der Waals surface area contributed by atoms with Crippen molar-refractivity contribution in [3.05, 3.63) is 28.3 Å². The fourth-order valence-electron chi connectivity index (χ4n) is 5.44.